The Morgan fingerprint density at radius 1 is 0.286 bits per heavy atom. The molecule has 0 aliphatic heterocycles. The van der Waals surface area contributed by atoms with Gasteiger partial charge in [-0.25, -0.2) is 0 Å². The van der Waals surface area contributed by atoms with Gasteiger partial charge in [0.25, 0.3) is 0 Å². The highest BCUT2D eigenvalue weighted by molar-refractivity contribution is 5.99. The molecular formula is C42H24. The zero-order valence-electron chi connectivity index (χ0n) is 22.9. The Labute approximate surface area is 247 Å². The molecule has 6 aromatic carbocycles. The van der Waals surface area contributed by atoms with Gasteiger partial charge in [-0.15, -0.1) is 0 Å². The van der Waals surface area contributed by atoms with E-state index in [0.717, 1.165) is 55.3 Å². The van der Waals surface area contributed by atoms with Crippen molar-refractivity contribution in [3.8, 4) is 47.4 Å². The van der Waals surface area contributed by atoms with Gasteiger partial charge in [-0.3, -0.25) is 0 Å². The lowest BCUT2D eigenvalue weighted by Crippen LogP contribution is -1.95. The second-order valence-electron chi connectivity index (χ2n) is 9.54. The fourth-order valence-corrected chi connectivity index (χ4v) is 4.55. The van der Waals surface area contributed by atoms with E-state index in [2.05, 4.69) is 65.6 Å². The molecule has 0 heteroatoms. The van der Waals surface area contributed by atoms with Gasteiger partial charge >= 0.3 is 0 Å². The van der Waals surface area contributed by atoms with E-state index in [-0.39, 0.29) is 0 Å². The fraction of sp³-hybridized carbons (Fsp3) is 0. The van der Waals surface area contributed by atoms with Gasteiger partial charge in [-0.1, -0.05) is 132 Å². The molecule has 0 saturated heterocycles. The molecule has 192 valence electrons. The Balaban J connectivity index is 1.64. The Morgan fingerprint density at radius 3 is 1.17 bits per heavy atom. The van der Waals surface area contributed by atoms with E-state index >= 15 is 0 Å². The van der Waals surface area contributed by atoms with Crippen molar-refractivity contribution in [2.75, 3.05) is 0 Å². The Morgan fingerprint density at radius 2 is 0.690 bits per heavy atom. The Kier molecular flexibility index (Phi) is 7.93. The molecule has 0 atom stereocenters. The van der Waals surface area contributed by atoms with Crippen LogP contribution in [-0.4, -0.2) is 0 Å². The van der Waals surface area contributed by atoms with Crippen molar-refractivity contribution in [2.45, 2.75) is 0 Å². The maximum absolute atomic E-state index is 3.48. The quantitative estimate of drug-likeness (QED) is 0.174. The van der Waals surface area contributed by atoms with Crippen LogP contribution in [0.2, 0.25) is 0 Å². The summed E-state index contributed by atoms with van der Waals surface area (Å²) >= 11 is 0. The lowest BCUT2D eigenvalue weighted by atomic mass is 9.91. The van der Waals surface area contributed by atoms with Crippen LogP contribution in [-0.2, 0) is 0 Å². The third kappa shape index (κ3) is 6.34. The molecule has 0 radical (unpaired) electrons. The highest BCUT2D eigenvalue weighted by Crippen LogP contribution is 2.29. The van der Waals surface area contributed by atoms with E-state index in [1.165, 1.54) is 0 Å². The predicted molar refractivity (Wildman–Crippen MR) is 174 cm³/mol. The highest BCUT2D eigenvalue weighted by Gasteiger charge is 2.12. The van der Waals surface area contributed by atoms with E-state index in [1.807, 2.05) is 127 Å². The maximum Gasteiger partial charge on any atom is 0.0497 e. The third-order valence-corrected chi connectivity index (χ3v) is 6.61. The summed E-state index contributed by atoms with van der Waals surface area (Å²) in [6.45, 7) is 0. The van der Waals surface area contributed by atoms with Gasteiger partial charge in [0.05, 0.1) is 0 Å². The van der Waals surface area contributed by atoms with Crippen LogP contribution < -0.4 is 0 Å². The number of hydrogen-bond acceptors (Lipinski definition) is 0. The molecule has 0 nitrogen and oxygen atoms in total. The average molecular weight is 529 g/mol. The van der Waals surface area contributed by atoms with Crippen molar-refractivity contribution in [3.63, 3.8) is 0 Å². The summed E-state index contributed by atoms with van der Waals surface area (Å²) in [5.41, 5.74) is 7.23. The third-order valence-electron chi connectivity index (χ3n) is 6.61. The minimum absolute atomic E-state index is 0.820. The summed E-state index contributed by atoms with van der Waals surface area (Å²) in [5.74, 6) is 27.2. The summed E-state index contributed by atoms with van der Waals surface area (Å²) in [6, 6.07) is 48.3. The number of benzene rings is 6. The SMILES string of the molecule is C(#Cc1cc(C#Cc2ccccc2)c2cccc(C#Cc3ccccc3)c2c1C#Cc1ccccc1)c1ccccc1. The first-order chi connectivity index (χ1) is 20.8. The zero-order valence-corrected chi connectivity index (χ0v) is 22.9. The van der Waals surface area contributed by atoms with Crippen molar-refractivity contribution >= 4 is 10.8 Å². The smallest absolute Gasteiger partial charge is 0.0497 e. The minimum Gasteiger partial charge on any atom is -0.0622 e. The van der Waals surface area contributed by atoms with Gasteiger partial charge in [-0.05, 0) is 66.0 Å². The first-order valence-electron chi connectivity index (χ1n) is 13.7. The number of rotatable bonds is 0. The molecule has 0 bridgehead atoms. The molecule has 0 unspecified atom stereocenters. The fourth-order valence-electron chi connectivity index (χ4n) is 4.55. The Hall–Kier alpha value is -6.18. The maximum atomic E-state index is 3.48. The van der Waals surface area contributed by atoms with E-state index in [9.17, 15) is 0 Å². The minimum atomic E-state index is 0.820. The van der Waals surface area contributed by atoms with Crippen LogP contribution in [0, 0.1) is 47.4 Å². The van der Waals surface area contributed by atoms with E-state index in [1.54, 1.807) is 0 Å². The molecule has 0 spiro atoms. The monoisotopic (exact) mass is 528 g/mol. The summed E-state index contributed by atoms with van der Waals surface area (Å²) in [4.78, 5) is 0. The standard InChI is InChI=1S/C42H24/c1-5-14-33(15-6-1)24-28-37-22-13-23-40-38(29-25-34-16-7-2-8-17-34)32-39(30-26-35-18-9-3-10-19-35)41(42(37)40)31-27-36-20-11-4-12-21-36/h1-23,32H. The summed E-state index contributed by atoms with van der Waals surface area (Å²) < 4.78 is 0. The normalized spacial score (nSPS) is 9.62. The second-order valence-corrected chi connectivity index (χ2v) is 9.54. The predicted octanol–water partition coefficient (Wildman–Crippen LogP) is 8.44. The zero-order chi connectivity index (χ0) is 28.4. The van der Waals surface area contributed by atoms with E-state index in [4.69, 9.17) is 0 Å². The van der Waals surface area contributed by atoms with Crippen LogP contribution in [0.5, 0.6) is 0 Å². The molecule has 6 aromatic rings. The highest BCUT2D eigenvalue weighted by atomic mass is 14.1. The summed E-state index contributed by atoms with van der Waals surface area (Å²) in [6.07, 6.45) is 0. The Bertz CT molecular complexity index is 2050. The van der Waals surface area contributed by atoms with Gasteiger partial charge in [0.15, 0.2) is 0 Å². The van der Waals surface area contributed by atoms with Crippen molar-refractivity contribution in [3.05, 3.63) is 190 Å². The summed E-state index contributed by atoms with van der Waals surface area (Å²) in [7, 11) is 0. The van der Waals surface area contributed by atoms with Gasteiger partial charge in [0, 0.05) is 49.9 Å². The van der Waals surface area contributed by atoms with Crippen molar-refractivity contribution in [1.29, 1.82) is 0 Å². The first-order valence-corrected chi connectivity index (χ1v) is 13.7. The van der Waals surface area contributed by atoms with Crippen molar-refractivity contribution < 1.29 is 0 Å². The van der Waals surface area contributed by atoms with Crippen molar-refractivity contribution in [2.24, 2.45) is 0 Å². The van der Waals surface area contributed by atoms with Crippen LogP contribution in [0.4, 0.5) is 0 Å². The molecule has 0 aliphatic rings. The molecule has 6 rings (SSSR count). The van der Waals surface area contributed by atoms with Crippen LogP contribution in [0.25, 0.3) is 10.8 Å². The summed E-state index contributed by atoms with van der Waals surface area (Å²) in [5, 5.41) is 1.96. The van der Waals surface area contributed by atoms with Gasteiger partial charge < -0.3 is 0 Å². The molecule has 0 amide bonds. The van der Waals surface area contributed by atoms with Crippen molar-refractivity contribution in [1.82, 2.24) is 0 Å². The molecule has 0 heterocycles. The molecule has 0 aromatic heterocycles. The van der Waals surface area contributed by atoms with Crippen LogP contribution in [0.15, 0.2) is 146 Å². The van der Waals surface area contributed by atoms with E-state index < -0.39 is 0 Å². The average Bonchev–Trinajstić information content (AvgIpc) is 3.06. The van der Waals surface area contributed by atoms with E-state index in [0.29, 0.717) is 0 Å². The topological polar surface area (TPSA) is 0 Å². The van der Waals surface area contributed by atoms with Gasteiger partial charge in [0.1, 0.15) is 0 Å². The second kappa shape index (κ2) is 12.8. The molecule has 0 N–H and O–H groups in total. The van der Waals surface area contributed by atoms with Crippen LogP contribution in [0.1, 0.15) is 44.5 Å². The van der Waals surface area contributed by atoms with Crippen LogP contribution >= 0.6 is 0 Å². The molecular weight excluding hydrogens is 504 g/mol. The van der Waals surface area contributed by atoms with Gasteiger partial charge in [-0.2, -0.15) is 0 Å². The number of fused-ring (bicyclic) bond motifs is 1. The first kappa shape index (κ1) is 26.1. The molecule has 0 aliphatic carbocycles. The van der Waals surface area contributed by atoms with Crippen LogP contribution in [0.3, 0.4) is 0 Å². The number of hydrogen-bond donors (Lipinski definition) is 0. The molecule has 0 saturated carbocycles. The molecule has 0 fully saturated rings. The van der Waals surface area contributed by atoms with Gasteiger partial charge in [0.2, 0.25) is 0 Å². The molecule has 42 heavy (non-hydrogen) atoms. The lowest BCUT2D eigenvalue weighted by molar-refractivity contribution is 1.58. The lowest BCUT2D eigenvalue weighted by Gasteiger charge is -2.10. The largest absolute Gasteiger partial charge is 0.0622 e.